The molecule has 3 nitrogen and oxygen atoms in total. The van der Waals surface area contributed by atoms with Crippen LogP contribution in [-0.4, -0.2) is 25.7 Å². The summed E-state index contributed by atoms with van der Waals surface area (Å²) in [7, 11) is 1.65. The van der Waals surface area contributed by atoms with Gasteiger partial charge in [-0.25, -0.2) is 0 Å². The fourth-order valence-corrected chi connectivity index (χ4v) is 1.40. The molecule has 1 atom stereocenters. The van der Waals surface area contributed by atoms with E-state index >= 15 is 0 Å². The Balaban J connectivity index is 2.43. The van der Waals surface area contributed by atoms with E-state index < -0.39 is 0 Å². The molecule has 1 rings (SSSR count). The van der Waals surface area contributed by atoms with E-state index in [1.165, 1.54) is 11.6 Å². The highest BCUT2D eigenvalue weighted by molar-refractivity contribution is 5.86. The molecule has 3 heteroatoms. The Bertz CT molecular complexity index is 335. The summed E-state index contributed by atoms with van der Waals surface area (Å²) in [5.74, 6) is -0.171. The predicted molar refractivity (Wildman–Crippen MR) is 64.1 cm³/mol. The molecule has 0 radical (unpaired) electrons. The molecule has 0 aliphatic rings. The minimum atomic E-state index is -0.171. The number of ether oxygens (including phenoxy) is 1. The molecule has 0 bridgehead atoms. The van der Waals surface area contributed by atoms with E-state index in [1.54, 1.807) is 7.11 Å². The smallest absolute Gasteiger partial charge is 0.243 e. The van der Waals surface area contributed by atoms with Gasteiger partial charge in [0.25, 0.3) is 0 Å². The van der Waals surface area contributed by atoms with Gasteiger partial charge >= 0.3 is 0 Å². The van der Waals surface area contributed by atoms with Crippen molar-refractivity contribution in [2.45, 2.75) is 12.5 Å². The van der Waals surface area contributed by atoms with Gasteiger partial charge in [0.05, 0.1) is 6.10 Å². The van der Waals surface area contributed by atoms with Gasteiger partial charge in [-0.1, -0.05) is 36.9 Å². The highest BCUT2D eigenvalue weighted by atomic mass is 16.5. The molecule has 16 heavy (non-hydrogen) atoms. The molecule has 1 aromatic rings. The van der Waals surface area contributed by atoms with Gasteiger partial charge < -0.3 is 10.1 Å². The second-order valence-electron chi connectivity index (χ2n) is 3.50. The van der Waals surface area contributed by atoms with Crippen molar-refractivity contribution in [3.05, 3.63) is 48.6 Å². The molecule has 0 heterocycles. The molecule has 0 aliphatic heterocycles. The van der Waals surface area contributed by atoms with Crippen LogP contribution < -0.4 is 5.32 Å². The van der Waals surface area contributed by atoms with Crippen molar-refractivity contribution in [3.8, 4) is 0 Å². The van der Waals surface area contributed by atoms with E-state index in [4.69, 9.17) is 4.74 Å². The zero-order valence-corrected chi connectivity index (χ0v) is 9.48. The summed E-state index contributed by atoms with van der Waals surface area (Å²) >= 11 is 0. The summed E-state index contributed by atoms with van der Waals surface area (Å²) in [4.78, 5) is 11.0. The summed E-state index contributed by atoms with van der Waals surface area (Å²) in [6.07, 6.45) is 2.04. The van der Waals surface area contributed by atoms with E-state index in [0.717, 1.165) is 6.42 Å². The lowest BCUT2D eigenvalue weighted by Gasteiger charge is -2.15. The van der Waals surface area contributed by atoms with Gasteiger partial charge in [0.15, 0.2) is 0 Å². The van der Waals surface area contributed by atoms with Crippen LogP contribution in [0.15, 0.2) is 43.0 Å². The fourth-order valence-electron chi connectivity index (χ4n) is 1.40. The van der Waals surface area contributed by atoms with E-state index in [1.807, 2.05) is 30.3 Å². The lowest BCUT2D eigenvalue weighted by molar-refractivity contribution is -0.117. The van der Waals surface area contributed by atoms with Crippen molar-refractivity contribution >= 4 is 5.91 Å². The van der Waals surface area contributed by atoms with Crippen LogP contribution in [-0.2, 0) is 16.0 Å². The Kier molecular flexibility index (Phi) is 5.29. The highest BCUT2D eigenvalue weighted by Crippen LogP contribution is 2.04. The number of hydrogen-bond donors (Lipinski definition) is 1. The predicted octanol–water partition coefficient (Wildman–Crippen LogP) is 1.55. The van der Waals surface area contributed by atoms with Gasteiger partial charge in [0.1, 0.15) is 0 Å². The van der Waals surface area contributed by atoms with Gasteiger partial charge in [0.2, 0.25) is 5.91 Å². The summed E-state index contributed by atoms with van der Waals surface area (Å²) in [6, 6.07) is 10.0. The molecular weight excluding hydrogens is 202 g/mol. The lowest BCUT2D eigenvalue weighted by Crippen LogP contribution is -2.33. The number of benzene rings is 1. The number of carbonyl (C=O) groups excluding carboxylic acids is 1. The molecular formula is C13H17NO2. The normalized spacial score (nSPS) is 11.8. The van der Waals surface area contributed by atoms with Gasteiger partial charge in [-0.05, 0) is 11.6 Å². The van der Waals surface area contributed by atoms with Crippen molar-refractivity contribution in [2.75, 3.05) is 13.7 Å². The third-order valence-corrected chi connectivity index (χ3v) is 2.33. The number of rotatable bonds is 6. The molecule has 1 aromatic carbocycles. The molecule has 1 unspecified atom stereocenters. The first kappa shape index (κ1) is 12.5. The number of nitrogens with one attached hydrogen (secondary N) is 1. The van der Waals surface area contributed by atoms with Crippen molar-refractivity contribution in [3.63, 3.8) is 0 Å². The molecule has 0 saturated carbocycles. The maximum atomic E-state index is 11.0. The van der Waals surface area contributed by atoms with Crippen molar-refractivity contribution < 1.29 is 9.53 Å². The lowest BCUT2D eigenvalue weighted by atomic mass is 10.1. The van der Waals surface area contributed by atoms with Crippen LogP contribution in [0.3, 0.4) is 0 Å². The SMILES string of the molecule is C=CC(=O)NCC(Cc1ccccc1)OC. The first-order valence-corrected chi connectivity index (χ1v) is 5.23. The van der Waals surface area contributed by atoms with Crippen LogP contribution in [0.4, 0.5) is 0 Å². The molecule has 86 valence electrons. The third kappa shape index (κ3) is 4.28. The summed E-state index contributed by atoms with van der Waals surface area (Å²) < 4.78 is 5.30. The van der Waals surface area contributed by atoms with Crippen LogP contribution in [0, 0.1) is 0 Å². The molecule has 1 N–H and O–H groups in total. The van der Waals surface area contributed by atoms with Crippen LogP contribution in [0.5, 0.6) is 0 Å². The van der Waals surface area contributed by atoms with E-state index in [2.05, 4.69) is 11.9 Å². The van der Waals surface area contributed by atoms with Gasteiger partial charge in [-0.2, -0.15) is 0 Å². The standard InChI is InChI=1S/C13H17NO2/c1-3-13(15)14-10-12(16-2)9-11-7-5-4-6-8-11/h3-8,12H,1,9-10H2,2H3,(H,14,15). The first-order valence-electron chi connectivity index (χ1n) is 5.23. The molecule has 0 saturated heterocycles. The molecule has 1 amide bonds. The van der Waals surface area contributed by atoms with Gasteiger partial charge in [0, 0.05) is 20.1 Å². The number of amides is 1. The fraction of sp³-hybridized carbons (Fsp3) is 0.308. The molecule has 0 fully saturated rings. The van der Waals surface area contributed by atoms with E-state index in [0.29, 0.717) is 6.54 Å². The van der Waals surface area contributed by atoms with E-state index in [9.17, 15) is 4.79 Å². The quantitative estimate of drug-likeness (QED) is 0.737. The van der Waals surface area contributed by atoms with Crippen LogP contribution in [0.25, 0.3) is 0 Å². The van der Waals surface area contributed by atoms with Crippen LogP contribution in [0.1, 0.15) is 5.56 Å². The summed E-state index contributed by atoms with van der Waals surface area (Å²) in [6.45, 7) is 3.89. The topological polar surface area (TPSA) is 38.3 Å². The van der Waals surface area contributed by atoms with Crippen molar-refractivity contribution in [2.24, 2.45) is 0 Å². The first-order chi connectivity index (χ1) is 7.76. The zero-order chi connectivity index (χ0) is 11.8. The van der Waals surface area contributed by atoms with Crippen LogP contribution >= 0.6 is 0 Å². The number of hydrogen-bond acceptors (Lipinski definition) is 2. The third-order valence-electron chi connectivity index (χ3n) is 2.33. The Morgan fingerprint density at radius 3 is 2.75 bits per heavy atom. The van der Waals surface area contributed by atoms with Crippen LogP contribution in [0.2, 0.25) is 0 Å². The minimum Gasteiger partial charge on any atom is -0.379 e. The van der Waals surface area contributed by atoms with Crippen molar-refractivity contribution in [1.29, 1.82) is 0 Å². The Hall–Kier alpha value is -1.61. The van der Waals surface area contributed by atoms with Gasteiger partial charge in [-0.3, -0.25) is 4.79 Å². The summed E-state index contributed by atoms with van der Waals surface area (Å²) in [5.41, 5.74) is 1.20. The molecule has 0 spiro atoms. The molecule has 0 aromatic heterocycles. The second kappa shape index (κ2) is 6.80. The maximum absolute atomic E-state index is 11.0. The van der Waals surface area contributed by atoms with E-state index in [-0.39, 0.29) is 12.0 Å². The van der Waals surface area contributed by atoms with Crippen molar-refractivity contribution in [1.82, 2.24) is 5.32 Å². The highest BCUT2D eigenvalue weighted by Gasteiger charge is 2.08. The Labute approximate surface area is 96.1 Å². The minimum absolute atomic E-state index is 0.00806. The molecule has 0 aliphatic carbocycles. The Morgan fingerprint density at radius 1 is 1.50 bits per heavy atom. The van der Waals surface area contributed by atoms with Gasteiger partial charge in [-0.15, -0.1) is 0 Å². The maximum Gasteiger partial charge on any atom is 0.243 e. The largest absolute Gasteiger partial charge is 0.379 e. The average molecular weight is 219 g/mol. The Morgan fingerprint density at radius 2 is 2.19 bits per heavy atom. The monoisotopic (exact) mass is 219 g/mol. The zero-order valence-electron chi connectivity index (χ0n) is 9.48. The summed E-state index contributed by atoms with van der Waals surface area (Å²) in [5, 5.41) is 2.72. The number of carbonyl (C=O) groups is 1. The average Bonchev–Trinajstić information content (AvgIpc) is 2.35. The second-order valence-corrected chi connectivity index (χ2v) is 3.50. The number of methoxy groups -OCH3 is 1.